The van der Waals surface area contributed by atoms with E-state index in [9.17, 15) is 9.59 Å². The first-order valence-corrected chi connectivity index (χ1v) is 8.93. The molecule has 6 nitrogen and oxygen atoms in total. The van der Waals surface area contributed by atoms with Crippen molar-refractivity contribution >= 4 is 23.2 Å². The van der Waals surface area contributed by atoms with E-state index in [1.807, 2.05) is 50.1 Å². The molecule has 0 saturated carbocycles. The number of carbonyl (C=O) groups excluding carboxylic acids is 2. The highest BCUT2D eigenvalue weighted by atomic mass is 16.5. The molecule has 2 rings (SSSR count). The number of carbonyl (C=O) groups is 2. The first-order chi connectivity index (χ1) is 12.8. The van der Waals surface area contributed by atoms with Crippen molar-refractivity contribution in [2.75, 3.05) is 30.8 Å². The van der Waals surface area contributed by atoms with Crippen LogP contribution in [0.25, 0.3) is 0 Å². The number of benzene rings is 2. The third-order valence-corrected chi connectivity index (χ3v) is 4.22. The molecule has 0 fully saturated rings. The minimum Gasteiger partial charge on any atom is -0.492 e. The maximum atomic E-state index is 12.5. The molecule has 0 aliphatic heterocycles. The van der Waals surface area contributed by atoms with Gasteiger partial charge in [-0.3, -0.25) is 14.5 Å². The van der Waals surface area contributed by atoms with Crippen molar-refractivity contribution in [1.82, 2.24) is 4.90 Å². The van der Waals surface area contributed by atoms with Gasteiger partial charge in [0, 0.05) is 24.8 Å². The Morgan fingerprint density at radius 2 is 1.70 bits per heavy atom. The van der Waals surface area contributed by atoms with E-state index in [1.165, 1.54) is 12.5 Å². The van der Waals surface area contributed by atoms with Gasteiger partial charge in [0.05, 0.1) is 6.04 Å². The van der Waals surface area contributed by atoms with Gasteiger partial charge in [0.2, 0.25) is 11.8 Å². The maximum Gasteiger partial charge on any atom is 0.241 e. The predicted octanol–water partition coefficient (Wildman–Crippen LogP) is 3.29. The average molecular weight is 369 g/mol. The normalized spacial score (nSPS) is 11.7. The Hall–Kier alpha value is -2.86. The summed E-state index contributed by atoms with van der Waals surface area (Å²) < 4.78 is 5.72. The van der Waals surface area contributed by atoms with Crippen LogP contribution < -0.4 is 15.4 Å². The van der Waals surface area contributed by atoms with E-state index in [0.29, 0.717) is 24.5 Å². The fourth-order valence-corrected chi connectivity index (χ4v) is 2.46. The van der Waals surface area contributed by atoms with E-state index in [-0.39, 0.29) is 17.9 Å². The van der Waals surface area contributed by atoms with E-state index >= 15 is 0 Å². The lowest BCUT2D eigenvalue weighted by Crippen LogP contribution is -2.41. The molecule has 2 aromatic rings. The summed E-state index contributed by atoms with van der Waals surface area (Å²) in [7, 11) is 1.89. The van der Waals surface area contributed by atoms with E-state index in [4.69, 9.17) is 4.74 Å². The molecule has 0 saturated heterocycles. The number of hydrogen-bond donors (Lipinski definition) is 2. The second kappa shape index (κ2) is 9.73. The summed E-state index contributed by atoms with van der Waals surface area (Å²) in [6, 6.07) is 14.6. The van der Waals surface area contributed by atoms with Crippen molar-refractivity contribution in [2.45, 2.75) is 26.8 Å². The molecule has 1 atom stereocenters. The van der Waals surface area contributed by atoms with E-state index in [2.05, 4.69) is 10.6 Å². The van der Waals surface area contributed by atoms with Gasteiger partial charge in [0.15, 0.2) is 0 Å². The number of amides is 2. The van der Waals surface area contributed by atoms with Gasteiger partial charge in [-0.05, 0) is 51.2 Å². The lowest BCUT2D eigenvalue weighted by molar-refractivity contribution is -0.120. The molecule has 2 N–H and O–H groups in total. The highest BCUT2D eigenvalue weighted by Gasteiger charge is 2.18. The van der Waals surface area contributed by atoms with Crippen molar-refractivity contribution in [2.24, 2.45) is 0 Å². The van der Waals surface area contributed by atoms with Crippen LogP contribution in [0.2, 0.25) is 0 Å². The number of ether oxygens (including phenoxy) is 1. The minimum atomic E-state index is -0.323. The molecule has 0 aromatic heterocycles. The second-order valence-corrected chi connectivity index (χ2v) is 6.57. The zero-order valence-corrected chi connectivity index (χ0v) is 16.3. The number of rotatable bonds is 8. The lowest BCUT2D eigenvalue weighted by atomic mass is 10.2. The van der Waals surface area contributed by atoms with Gasteiger partial charge < -0.3 is 15.4 Å². The molecule has 0 bridgehead atoms. The maximum absolute atomic E-state index is 12.5. The lowest BCUT2D eigenvalue weighted by Gasteiger charge is -2.24. The SMILES string of the molecule is CC(=O)Nc1cccc(NC(=O)C(C)N(C)CCOc2ccc(C)cc2)c1. The second-order valence-electron chi connectivity index (χ2n) is 6.57. The fourth-order valence-electron chi connectivity index (χ4n) is 2.46. The fraction of sp³-hybridized carbons (Fsp3) is 0.333. The summed E-state index contributed by atoms with van der Waals surface area (Å²) in [5, 5.41) is 5.58. The van der Waals surface area contributed by atoms with E-state index < -0.39 is 0 Å². The topological polar surface area (TPSA) is 70.7 Å². The molecule has 6 heteroatoms. The molecule has 0 aliphatic rings. The standard InChI is InChI=1S/C21H27N3O3/c1-15-8-10-20(11-9-15)27-13-12-24(4)16(2)21(26)23-19-7-5-6-18(14-19)22-17(3)25/h5-11,14,16H,12-13H2,1-4H3,(H,22,25)(H,23,26). The zero-order chi connectivity index (χ0) is 19.8. The molecule has 1 unspecified atom stereocenters. The summed E-state index contributed by atoms with van der Waals surface area (Å²) in [6.07, 6.45) is 0. The number of nitrogens with one attached hydrogen (secondary N) is 2. The van der Waals surface area contributed by atoms with Gasteiger partial charge >= 0.3 is 0 Å². The van der Waals surface area contributed by atoms with Crippen LogP contribution in [0.3, 0.4) is 0 Å². The monoisotopic (exact) mass is 369 g/mol. The van der Waals surface area contributed by atoms with Crippen LogP contribution in [0.5, 0.6) is 5.75 Å². The van der Waals surface area contributed by atoms with Crippen LogP contribution in [-0.4, -0.2) is 43.0 Å². The largest absolute Gasteiger partial charge is 0.492 e. The zero-order valence-electron chi connectivity index (χ0n) is 16.3. The van der Waals surface area contributed by atoms with Gasteiger partial charge in [-0.1, -0.05) is 23.8 Å². The molecule has 144 valence electrons. The van der Waals surface area contributed by atoms with Crippen LogP contribution in [0.4, 0.5) is 11.4 Å². The smallest absolute Gasteiger partial charge is 0.241 e. The Balaban J connectivity index is 1.82. The Labute approximate surface area is 160 Å². The molecule has 0 spiro atoms. The molecular weight excluding hydrogens is 342 g/mol. The first-order valence-electron chi connectivity index (χ1n) is 8.93. The Morgan fingerprint density at radius 3 is 2.33 bits per heavy atom. The van der Waals surface area contributed by atoms with Crippen LogP contribution in [0.15, 0.2) is 48.5 Å². The van der Waals surface area contributed by atoms with Gasteiger partial charge in [-0.15, -0.1) is 0 Å². The molecule has 0 radical (unpaired) electrons. The molecule has 0 aliphatic carbocycles. The Kier molecular flexibility index (Phi) is 7.37. The van der Waals surface area contributed by atoms with E-state index in [0.717, 1.165) is 5.75 Å². The van der Waals surface area contributed by atoms with E-state index in [1.54, 1.807) is 24.3 Å². The molecular formula is C21H27N3O3. The van der Waals surface area contributed by atoms with Crippen LogP contribution in [0, 0.1) is 6.92 Å². The van der Waals surface area contributed by atoms with Crippen LogP contribution in [-0.2, 0) is 9.59 Å². The van der Waals surface area contributed by atoms with Crippen LogP contribution >= 0.6 is 0 Å². The number of aryl methyl sites for hydroxylation is 1. The van der Waals surface area contributed by atoms with Gasteiger partial charge in [-0.2, -0.15) is 0 Å². The predicted molar refractivity (Wildman–Crippen MR) is 108 cm³/mol. The Morgan fingerprint density at radius 1 is 1.07 bits per heavy atom. The van der Waals surface area contributed by atoms with Crippen molar-refractivity contribution in [1.29, 1.82) is 0 Å². The van der Waals surface area contributed by atoms with Crippen molar-refractivity contribution in [3.63, 3.8) is 0 Å². The number of nitrogens with zero attached hydrogens (tertiary/aromatic N) is 1. The third-order valence-electron chi connectivity index (χ3n) is 4.22. The molecule has 2 amide bonds. The van der Waals surface area contributed by atoms with Crippen molar-refractivity contribution < 1.29 is 14.3 Å². The first kappa shape index (κ1) is 20.5. The minimum absolute atomic E-state index is 0.118. The summed E-state index contributed by atoms with van der Waals surface area (Å²) >= 11 is 0. The molecule has 0 heterocycles. The quantitative estimate of drug-likeness (QED) is 0.749. The molecule has 2 aromatic carbocycles. The van der Waals surface area contributed by atoms with Gasteiger partial charge in [-0.25, -0.2) is 0 Å². The summed E-state index contributed by atoms with van der Waals surface area (Å²) in [6.45, 7) is 6.44. The van der Waals surface area contributed by atoms with Crippen molar-refractivity contribution in [3.05, 3.63) is 54.1 Å². The average Bonchev–Trinajstić information content (AvgIpc) is 2.62. The van der Waals surface area contributed by atoms with Gasteiger partial charge in [0.25, 0.3) is 0 Å². The number of likely N-dealkylation sites (N-methyl/N-ethyl adjacent to an activating group) is 1. The summed E-state index contributed by atoms with van der Waals surface area (Å²) in [5.41, 5.74) is 2.47. The number of hydrogen-bond acceptors (Lipinski definition) is 4. The Bertz CT molecular complexity index is 774. The third kappa shape index (κ3) is 6.75. The molecule has 27 heavy (non-hydrogen) atoms. The van der Waals surface area contributed by atoms with Crippen LogP contribution in [0.1, 0.15) is 19.4 Å². The summed E-state index contributed by atoms with van der Waals surface area (Å²) in [4.78, 5) is 25.6. The number of anilines is 2. The highest BCUT2D eigenvalue weighted by Crippen LogP contribution is 2.16. The highest BCUT2D eigenvalue weighted by molar-refractivity contribution is 5.96. The van der Waals surface area contributed by atoms with Gasteiger partial charge in [0.1, 0.15) is 12.4 Å². The summed E-state index contributed by atoms with van der Waals surface area (Å²) in [5.74, 6) is 0.550. The van der Waals surface area contributed by atoms with Crippen molar-refractivity contribution in [3.8, 4) is 5.75 Å².